The van der Waals surface area contributed by atoms with Gasteiger partial charge in [-0.05, 0) is 61.4 Å². The van der Waals surface area contributed by atoms with E-state index in [2.05, 4.69) is 20.3 Å². The van der Waals surface area contributed by atoms with Gasteiger partial charge in [0, 0.05) is 37.9 Å². The van der Waals surface area contributed by atoms with Crippen molar-refractivity contribution >= 4 is 23.4 Å². The number of aromatic nitrogens is 3. The van der Waals surface area contributed by atoms with E-state index in [0.29, 0.717) is 23.9 Å². The molecule has 0 spiro atoms. The summed E-state index contributed by atoms with van der Waals surface area (Å²) < 4.78 is 4.99. The highest BCUT2D eigenvalue weighted by Crippen LogP contribution is 2.17. The number of carbonyl (C=O) groups is 1. The number of nitrogens with one attached hydrogen (secondary N) is 1. The molecule has 0 aliphatic heterocycles. The molecule has 0 atom stereocenters. The Hall–Kier alpha value is -3.48. The van der Waals surface area contributed by atoms with Crippen molar-refractivity contribution in [3.63, 3.8) is 0 Å². The van der Waals surface area contributed by atoms with Gasteiger partial charge < -0.3 is 15.0 Å². The van der Waals surface area contributed by atoms with Crippen LogP contribution in [0, 0.1) is 0 Å². The van der Waals surface area contributed by atoms with Gasteiger partial charge in [-0.15, -0.1) is 0 Å². The summed E-state index contributed by atoms with van der Waals surface area (Å²) in [6, 6.07) is 12.9. The molecule has 0 unspecified atom stereocenters. The second kappa shape index (κ2) is 9.45. The molecule has 7 heteroatoms. The first kappa shape index (κ1) is 19.3. The fourth-order valence-corrected chi connectivity index (χ4v) is 2.60. The van der Waals surface area contributed by atoms with E-state index >= 15 is 0 Å². The molecule has 2 heterocycles. The van der Waals surface area contributed by atoms with Gasteiger partial charge in [-0.25, -0.2) is 9.78 Å². The maximum Gasteiger partial charge on any atom is 0.338 e. The van der Waals surface area contributed by atoms with Gasteiger partial charge in [0.15, 0.2) is 0 Å². The zero-order valence-corrected chi connectivity index (χ0v) is 16.0. The number of anilines is 3. The van der Waals surface area contributed by atoms with Crippen LogP contribution in [0.5, 0.6) is 0 Å². The highest BCUT2D eigenvalue weighted by molar-refractivity contribution is 5.89. The Morgan fingerprint density at radius 2 is 1.82 bits per heavy atom. The summed E-state index contributed by atoms with van der Waals surface area (Å²) in [4.78, 5) is 26.7. The van der Waals surface area contributed by atoms with E-state index in [1.807, 2.05) is 36.2 Å². The molecule has 144 valence electrons. The lowest BCUT2D eigenvalue weighted by Gasteiger charge is -2.17. The first-order chi connectivity index (χ1) is 13.7. The molecule has 0 aliphatic rings. The van der Waals surface area contributed by atoms with Crippen molar-refractivity contribution in [1.29, 1.82) is 0 Å². The summed E-state index contributed by atoms with van der Waals surface area (Å²) in [5.74, 6) is 1.00. The van der Waals surface area contributed by atoms with E-state index in [0.717, 1.165) is 18.7 Å². The summed E-state index contributed by atoms with van der Waals surface area (Å²) in [5, 5.41) is 3.23. The van der Waals surface area contributed by atoms with Gasteiger partial charge in [0.1, 0.15) is 5.82 Å². The molecule has 0 aliphatic carbocycles. The number of pyridine rings is 1. The van der Waals surface area contributed by atoms with E-state index in [4.69, 9.17) is 4.74 Å². The van der Waals surface area contributed by atoms with Gasteiger partial charge in [0.05, 0.1) is 12.2 Å². The van der Waals surface area contributed by atoms with Crippen LogP contribution in [0.4, 0.5) is 17.5 Å². The van der Waals surface area contributed by atoms with Crippen molar-refractivity contribution in [2.24, 2.45) is 0 Å². The van der Waals surface area contributed by atoms with Gasteiger partial charge in [0.25, 0.3) is 0 Å². The number of nitrogens with zero attached hydrogens (tertiary/aromatic N) is 4. The van der Waals surface area contributed by atoms with Crippen molar-refractivity contribution in [2.45, 2.75) is 13.3 Å². The van der Waals surface area contributed by atoms with E-state index in [9.17, 15) is 4.79 Å². The molecular formula is C21H23N5O2. The van der Waals surface area contributed by atoms with Gasteiger partial charge in [-0.1, -0.05) is 0 Å². The third-order valence-corrected chi connectivity index (χ3v) is 4.14. The van der Waals surface area contributed by atoms with E-state index in [-0.39, 0.29) is 5.97 Å². The first-order valence-corrected chi connectivity index (χ1v) is 9.13. The largest absolute Gasteiger partial charge is 0.462 e. The summed E-state index contributed by atoms with van der Waals surface area (Å²) in [7, 11) is 1.97. The fraction of sp³-hybridized carbons (Fsp3) is 0.238. The number of esters is 1. The van der Waals surface area contributed by atoms with Crippen LogP contribution in [0.3, 0.4) is 0 Å². The predicted octanol–water partition coefficient (Wildman–Crippen LogP) is 3.47. The lowest BCUT2D eigenvalue weighted by atomic mass is 10.2. The van der Waals surface area contributed by atoms with Crippen LogP contribution in [0.15, 0.2) is 61.1 Å². The highest BCUT2D eigenvalue weighted by Gasteiger charge is 2.08. The lowest BCUT2D eigenvalue weighted by molar-refractivity contribution is 0.0526. The van der Waals surface area contributed by atoms with Crippen LogP contribution in [0.1, 0.15) is 22.8 Å². The van der Waals surface area contributed by atoms with Gasteiger partial charge >= 0.3 is 5.97 Å². The Morgan fingerprint density at radius 3 is 2.54 bits per heavy atom. The Morgan fingerprint density at radius 1 is 1.07 bits per heavy atom. The zero-order valence-electron chi connectivity index (χ0n) is 16.0. The molecule has 0 saturated heterocycles. The van der Waals surface area contributed by atoms with Crippen molar-refractivity contribution in [1.82, 2.24) is 15.0 Å². The molecule has 2 aromatic heterocycles. The molecule has 1 N–H and O–H groups in total. The number of benzene rings is 1. The smallest absolute Gasteiger partial charge is 0.338 e. The third-order valence-electron chi connectivity index (χ3n) is 4.14. The molecule has 0 bridgehead atoms. The molecule has 28 heavy (non-hydrogen) atoms. The minimum absolute atomic E-state index is 0.325. The highest BCUT2D eigenvalue weighted by atomic mass is 16.5. The lowest BCUT2D eigenvalue weighted by Crippen LogP contribution is -2.22. The SMILES string of the molecule is CCOC(=O)c1ccc(Nc2ccnc(N(C)CCc3ccncc3)n2)cc1. The summed E-state index contributed by atoms with van der Waals surface area (Å²) in [6.45, 7) is 2.94. The van der Waals surface area contributed by atoms with E-state index in [1.54, 1.807) is 43.7 Å². The maximum atomic E-state index is 11.7. The average Bonchev–Trinajstić information content (AvgIpc) is 2.73. The molecule has 3 aromatic rings. The monoisotopic (exact) mass is 377 g/mol. The molecule has 0 saturated carbocycles. The predicted molar refractivity (Wildman–Crippen MR) is 109 cm³/mol. The number of carbonyl (C=O) groups excluding carboxylic acids is 1. The van der Waals surface area contributed by atoms with E-state index < -0.39 is 0 Å². The number of hydrogen-bond acceptors (Lipinski definition) is 7. The Bertz CT molecular complexity index is 900. The molecule has 0 radical (unpaired) electrons. The first-order valence-electron chi connectivity index (χ1n) is 9.13. The van der Waals surface area contributed by atoms with Crippen LogP contribution >= 0.6 is 0 Å². The van der Waals surface area contributed by atoms with Crippen LogP contribution in [-0.2, 0) is 11.2 Å². The Kier molecular flexibility index (Phi) is 6.51. The quantitative estimate of drug-likeness (QED) is 0.602. The summed E-state index contributed by atoms with van der Waals surface area (Å²) in [5.41, 5.74) is 2.57. The summed E-state index contributed by atoms with van der Waals surface area (Å²) in [6.07, 6.45) is 6.20. The van der Waals surface area contributed by atoms with Gasteiger partial charge in [-0.2, -0.15) is 4.98 Å². The van der Waals surface area contributed by atoms with Crippen LogP contribution in [-0.4, -0.2) is 41.1 Å². The van der Waals surface area contributed by atoms with Gasteiger partial charge in [0.2, 0.25) is 5.95 Å². The molecule has 3 rings (SSSR count). The standard InChI is InChI=1S/C21H23N5O2/c1-3-28-20(27)17-4-6-18(7-5-17)24-19-10-14-23-21(25-19)26(2)15-11-16-8-12-22-13-9-16/h4-10,12-14H,3,11,15H2,1-2H3,(H,23,24,25). The molecular weight excluding hydrogens is 354 g/mol. The second-order valence-electron chi connectivity index (χ2n) is 6.19. The number of rotatable bonds is 8. The summed E-state index contributed by atoms with van der Waals surface area (Å²) >= 11 is 0. The maximum absolute atomic E-state index is 11.7. The minimum Gasteiger partial charge on any atom is -0.462 e. The topological polar surface area (TPSA) is 80.2 Å². The van der Waals surface area contributed by atoms with Crippen LogP contribution in [0.25, 0.3) is 0 Å². The minimum atomic E-state index is -0.325. The number of hydrogen-bond donors (Lipinski definition) is 1. The molecule has 7 nitrogen and oxygen atoms in total. The van der Waals surface area contributed by atoms with Crippen LogP contribution in [0.2, 0.25) is 0 Å². The second-order valence-corrected chi connectivity index (χ2v) is 6.19. The average molecular weight is 377 g/mol. The molecule has 0 fully saturated rings. The molecule has 0 amide bonds. The van der Waals surface area contributed by atoms with Crippen molar-refractivity contribution < 1.29 is 9.53 Å². The Balaban J connectivity index is 1.62. The fourth-order valence-electron chi connectivity index (χ4n) is 2.60. The normalized spacial score (nSPS) is 10.4. The van der Waals surface area contributed by atoms with Gasteiger partial charge in [-0.3, -0.25) is 4.98 Å². The van der Waals surface area contributed by atoms with Crippen molar-refractivity contribution in [3.05, 3.63) is 72.2 Å². The number of likely N-dealkylation sites (N-methyl/N-ethyl adjacent to an activating group) is 1. The van der Waals surface area contributed by atoms with Crippen molar-refractivity contribution in [3.8, 4) is 0 Å². The van der Waals surface area contributed by atoms with E-state index in [1.165, 1.54) is 5.56 Å². The Labute approximate surface area is 164 Å². The third kappa shape index (κ3) is 5.26. The number of ether oxygens (including phenoxy) is 1. The molecule has 1 aromatic carbocycles. The van der Waals surface area contributed by atoms with Crippen LogP contribution < -0.4 is 10.2 Å². The van der Waals surface area contributed by atoms with Crippen molar-refractivity contribution in [2.75, 3.05) is 30.4 Å². The zero-order chi connectivity index (χ0) is 19.8.